The van der Waals surface area contributed by atoms with Crippen LogP contribution in [0.15, 0.2) is 48.5 Å². The average Bonchev–Trinajstić information content (AvgIpc) is 2.74. The van der Waals surface area contributed by atoms with Gasteiger partial charge in [0.1, 0.15) is 0 Å². The van der Waals surface area contributed by atoms with Crippen LogP contribution in [0.4, 0.5) is 23.7 Å². The molecule has 1 heterocycles. The minimum atomic E-state index is -4.60. The van der Waals surface area contributed by atoms with Gasteiger partial charge in [-0.2, -0.15) is 18.4 Å². The van der Waals surface area contributed by atoms with Crippen LogP contribution >= 0.6 is 0 Å². The predicted molar refractivity (Wildman–Crippen MR) is 113 cm³/mol. The van der Waals surface area contributed by atoms with E-state index in [1.807, 2.05) is 49.1 Å². The monoisotopic (exact) mass is 430 g/mol. The number of carbonyl (C=O) groups excluding carboxylic acids is 1. The van der Waals surface area contributed by atoms with Crippen molar-refractivity contribution in [2.75, 3.05) is 24.5 Å². The number of carbonyl (C=O) groups is 1. The first-order valence-corrected chi connectivity index (χ1v) is 10.2. The van der Waals surface area contributed by atoms with Crippen LogP contribution in [0.25, 0.3) is 0 Å². The number of amides is 2. The predicted octanol–water partition coefficient (Wildman–Crippen LogP) is 4.43. The Balaban J connectivity index is 1.66. The first-order chi connectivity index (χ1) is 14.7. The van der Waals surface area contributed by atoms with Gasteiger partial charge in [-0.15, -0.1) is 0 Å². The summed E-state index contributed by atoms with van der Waals surface area (Å²) in [7, 11) is 0. The molecule has 5 nitrogen and oxygen atoms in total. The van der Waals surface area contributed by atoms with Gasteiger partial charge in [0.25, 0.3) is 0 Å². The third-order valence-electron chi connectivity index (χ3n) is 5.54. The number of nitrogens with one attached hydrogen (secondary N) is 1. The van der Waals surface area contributed by atoms with Crippen LogP contribution in [-0.2, 0) is 12.6 Å². The highest BCUT2D eigenvalue weighted by Gasteiger charge is 2.36. The Kier molecular flexibility index (Phi) is 6.74. The van der Waals surface area contributed by atoms with E-state index in [-0.39, 0.29) is 18.1 Å². The molecule has 1 fully saturated rings. The third-order valence-corrected chi connectivity index (χ3v) is 5.54. The van der Waals surface area contributed by atoms with Crippen LogP contribution in [0.2, 0.25) is 0 Å². The summed E-state index contributed by atoms with van der Waals surface area (Å²) in [5.74, 6) is 0. The number of piperazine rings is 1. The SMILES string of the molecule is C[C@@H]1CN(C(=O)NCCc2ccccc2)[C@@H](C)CN1c1ccc(C#N)c(C(F)(F)F)c1. The molecule has 1 aliphatic heterocycles. The van der Waals surface area contributed by atoms with Crippen molar-refractivity contribution in [3.63, 3.8) is 0 Å². The van der Waals surface area contributed by atoms with Gasteiger partial charge in [-0.05, 0) is 44.0 Å². The van der Waals surface area contributed by atoms with E-state index in [1.54, 1.807) is 11.0 Å². The van der Waals surface area contributed by atoms with Gasteiger partial charge in [-0.3, -0.25) is 0 Å². The molecular weight excluding hydrogens is 405 g/mol. The van der Waals surface area contributed by atoms with E-state index in [9.17, 15) is 18.0 Å². The van der Waals surface area contributed by atoms with Gasteiger partial charge < -0.3 is 15.1 Å². The highest BCUT2D eigenvalue weighted by molar-refractivity contribution is 5.75. The van der Waals surface area contributed by atoms with E-state index < -0.39 is 17.3 Å². The minimum absolute atomic E-state index is 0.175. The van der Waals surface area contributed by atoms with Gasteiger partial charge in [0, 0.05) is 37.4 Å². The van der Waals surface area contributed by atoms with Crippen molar-refractivity contribution in [2.24, 2.45) is 0 Å². The number of hydrogen-bond acceptors (Lipinski definition) is 3. The number of urea groups is 1. The van der Waals surface area contributed by atoms with Crippen LogP contribution in [0.1, 0.15) is 30.5 Å². The summed E-state index contributed by atoms with van der Waals surface area (Å²) in [6, 6.07) is 14.7. The molecule has 2 atom stereocenters. The zero-order chi connectivity index (χ0) is 22.6. The van der Waals surface area contributed by atoms with Crippen LogP contribution in [-0.4, -0.2) is 42.6 Å². The summed E-state index contributed by atoms with van der Waals surface area (Å²) >= 11 is 0. The van der Waals surface area contributed by atoms with E-state index in [0.717, 1.165) is 18.1 Å². The third kappa shape index (κ3) is 5.29. The second kappa shape index (κ2) is 9.29. The quantitative estimate of drug-likeness (QED) is 0.781. The molecule has 8 heteroatoms. The summed E-state index contributed by atoms with van der Waals surface area (Å²) in [4.78, 5) is 16.2. The van der Waals surface area contributed by atoms with E-state index in [1.165, 1.54) is 12.1 Å². The summed E-state index contributed by atoms with van der Waals surface area (Å²) in [5.41, 5.74) is 0.201. The van der Waals surface area contributed by atoms with E-state index in [4.69, 9.17) is 5.26 Å². The van der Waals surface area contributed by atoms with E-state index >= 15 is 0 Å². The molecule has 0 radical (unpaired) electrons. The Morgan fingerprint density at radius 3 is 2.48 bits per heavy atom. The fourth-order valence-corrected chi connectivity index (χ4v) is 3.87. The topological polar surface area (TPSA) is 59.4 Å². The lowest BCUT2D eigenvalue weighted by Crippen LogP contribution is -2.60. The Morgan fingerprint density at radius 1 is 1.13 bits per heavy atom. The highest BCUT2D eigenvalue weighted by Crippen LogP contribution is 2.35. The molecule has 0 saturated carbocycles. The van der Waals surface area contributed by atoms with Crippen molar-refractivity contribution < 1.29 is 18.0 Å². The molecule has 0 bridgehead atoms. The molecule has 0 aliphatic carbocycles. The largest absolute Gasteiger partial charge is 0.417 e. The fourth-order valence-electron chi connectivity index (χ4n) is 3.87. The Labute approximate surface area is 180 Å². The zero-order valence-corrected chi connectivity index (χ0v) is 17.5. The molecule has 2 aromatic rings. The lowest BCUT2D eigenvalue weighted by molar-refractivity contribution is -0.137. The molecule has 0 aromatic heterocycles. The number of anilines is 1. The molecule has 1 saturated heterocycles. The minimum Gasteiger partial charge on any atom is -0.365 e. The van der Waals surface area contributed by atoms with Gasteiger partial charge in [-0.25, -0.2) is 4.79 Å². The molecule has 1 N–H and O–H groups in total. The molecular formula is C23H25F3N4O. The summed E-state index contributed by atoms with van der Waals surface area (Å²) in [6.45, 7) is 5.05. The number of benzene rings is 2. The number of alkyl halides is 3. The maximum absolute atomic E-state index is 13.3. The number of nitriles is 1. The van der Waals surface area contributed by atoms with Crippen LogP contribution < -0.4 is 10.2 Å². The van der Waals surface area contributed by atoms with Gasteiger partial charge in [0.2, 0.25) is 0 Å². The smallest absolute Gasteiger partial charge is 0.365 e. The lowest BCUT2D eigenvalue weighted by Gasteiger charge is -2.45. The Morgan fingerprint density at radius 2 is 1.84 bits per heavy atom. The molecule has 0 unspecified atom stereocenters. The van der Waals surface area contributed by atoms with Crippen LogP contribution in [0, 0.1) is 11.3 Å². The number of nitrogens with zero attached hydrogens (tertiary/aromatic N) is 3. The van der Waals surface area contributed by atoms with Gasteiger partial charge in [0.05, 0.1) is 17.2 Å². The molecule has 2 aromatic carbocycles. The maximum atomic E-state index is 13.3. The van der Waals surface area contributed by atoms with Gasteiger partial charge in [-0.1, -0.05) is 30.3 Å². The van der Waals surface area contributed by atoms with Crippen molar-refractivity contribution in [1.29, 1.82) is 5.26 Å². The summed E-state index contributed by atoms with van der Waals surface area (Å²) in [5, 5.41) is 11.9. The maximum Gasteiger partial charge on any atom is 0.417 e. The van der Waals surface area contributed by atoms with Crippen molar-refractivity contribution in [3.05, 3.63) is 65.2 Å². The molecule has 164 valence electrons. The highest BCUT2D eigenvalue weighted by atomic mass is 19.4. The first-order valence-electron chi connectivity index (χ1n) is 10.2. The second-order valence-electron chi connectivity index (χ2n) is 7.81. The van der Waals surface area contributed by atoms with Crippen LogP contribution in [0.3, 0.4) is 0 Å². The van der Waals surface area contributed by atoms with E-state index in [2.05, 4.69) is 5.32 Å². The molecule has 0 spiro atoms. The molecule has 31 heavy (non-hydrogen) atoms. The Bertz CT molecular complexity index is 956. The summed E-state index contributed by atoms with van der Waals surface area (Å²) < 4.78 is 40.0. The first kappa shape index (κ1) is 22.5. The normalized spacial score (nSPS) is 19.1. The van der Waals surface area contributed by atoms with Crippen LogP contribution in [0.5, 0.6) is 0 Å². The van der Waals surface area contributed by atoms with Gasteiger partial charge in [0.15, 0.2) is 0 Å². The zero-order valence-electron chi connectivity index (χ0n) is 17.5. The number of hydrogen-bond donors (Lipinski definition) is 1. The standard InChI is InChI=1S/C23H25F3N4O/c1-16-15-30(22(31)28-11-10-18-6-4-3-5-7-18)17(2)14-29(16)20-9-8-19(13-27)21(12-20)23(24,25)26/h3-9,12,16-17H,10-11,14-15H2,1-2H3,(H,28,31)/t16-,17+/m1/s1. The molecule has 1 aliphatic rings. The lowest BCUT2D eigenvalue weighted by atomic mass is 10.0. The fraction of sp³-hybridized carbons (Fsp3) is 0.391. The number of rotatable bonds is 4. The van der Waals surface area contributed by atoms with Crippen molar-refractivity contribution in [2.45, 2.75) is 38.5 Å². The van der Waals surface area contributed by atoms with Crippen molar-refractivity contribution in [3.8, 4) is 6.07 Å². The van der Waals surface area contributed by atoms with Crippen molar-refractivity contribution >= 4 is 11.7 Å². The molecule has 2 amide bonds. The number of halogens is 3. The summed E-state index contributed by atoms with van der Waals surface area (Å²) in [6.07, 6.45) is -3.88. The van der Waals surface area contributed by atoms with Crippen molar-refractivity contribution in [1.82, 2.24) is 10.2 Å². The second-order valence-corrected chi connectivity index (χ2v) is 7.81. The Hall–Kier alpha value is -3.21. The average molecular weight is 430 g/mol. The van der Waals surface area contributed by atoms with E-state index in [0.29, 0.717) is 25.3 Å². The molecule has 3 rings (SSSR count). The van der Waals surface area contributed by atoms with Gasteiger partial charge >= 0.3 is 12.2 Å².